The highest BCUT2D eigenvalue weighted by Gasteiger charge is 2.39. The molecule has 0 aromatic rings. The molecule has 0 spiro atoms. The predicted octanol–water partition coefficient (Wildman–Crippen LogP) is 0.532. The zero-order valence-electron chi connectivity index (χ0n) is 10.6. The van der Waals surface area contributed by atoms with Crippen LogP contribution in [0.5, 0.6) is 0 Å². The number of rotatable bonds is 6. The van der Waals surface area contributed by atoms with E-state index in [1.54, 1.807) is 7.11 Å². The van der Waals surface area contributed by atoms with Crippen LogP contribution in [-0.2, 0) is 9.53 Å². The van der Waals surface area contributed by atoms with Gasteiger partial charge in [-0.15, -0.1) is 12.3 Å². The van der Waals surface area contributed by atoms with E-state index >= 15 is 0 Å². The van der Waals surface area contributed by atoms with E-state index in [2.05, 4.69) is 16.6 Å². The lowest BCUT2D eigenvalue weighted by molar-refractivity contribution is -0.136. The molecule has 4 heteroatoms. The van der Waals surface area contributed by atoms with Crippen LogP contribution in [-0.4, -0.2) is 39.3 Å². The summed E-state index contributed by atoms with van der Waals surface area (Å²) in [6.45, 7) is 2.90. The van der Waals surface area contributed by atoms with Crippen LogP contribution in [0.15, 0.2) is 0 Å². The molecule has 0 saturated carbocycles. The highest BCUT2D eigenvalue weighted by atomic mass is 16.5. The Kier molecular flexibility index (Phi) is 6.03. The maximum Gasteiger partial charge on any atom is 0.228 e. The van der Waals surface area contributed by atoms with Crippen molar-refractivity contribution < 1.29 is 9.53 Å². The Morgan fingerprint density at radius 2 is 2.24 bits per heavy atom. The van der Waals surface area contributed by atoms with Crippen LogP contribution in [0, 0.1) is 17.8 Å². The summed E-state index contributed by atoms with van der Waals surface area (Å²) >= 11 is 0. The number of carbonyl (C=O) groups is 1. The van der Waals surface area contributed by atoms with E-state index in [9.17, 15) is 4.79 Å². The second kappa shape index (κ2) is 7.31. The first-order valence-corrected chi connectivity index (χ1v) is 6.16. The third-order valence-electron chi connectivity index (χ3n) is 3.25. The van der Waals surface area contributed by atoms with Gasteiger partial charge in [-0.3, -0.25) is 4.79 Å². The van der Waals surface area contributed by atoms with E-state index in [-0.39, 0.29) is 11.3 Å². The van der Waals surface area contributed by atoms with Crippen molar-refractivity contribution in [1.82, 2.24) is 10.6 Å². The number of hydrogen-bond acceptors (Lipinski definition) is 3. The first-order chi connectivity index (χ1) is 8.25. The van der Waals surface area contributed by atoms with Crippen molar-refractivity contribution in [2.24, 2.45) is 5.41 Å². The Hall–Kier alpha value is -1.05. The topological polar surface area (TPSA) is 50.4 Å². The largest absolute Gasteiger partial charge is 0.384 e. The van der Waals surface area contributed by atoms with Gasteiger partial charge < -0.3 is 15.4 Å². The molecule has 1 aliphatic rings. The van der Waals surface area contributed by atoms with Crippen LogP contribution in [0.1, 0.15) is 25.7 Å². The van der Waals surface area contributed by atoms with Gasteiger partial charge in [-0.1, -0.05) is 0 Å². The molecule has 0 radical (unpaired) electrons. The number of hydrogen-bond donors (Lipinski definition) is 2. The van der Waals surface area contributed by atoms with Crippen LogP contribution >= 0.6 is 0 Å². The van der Waals surface area contributed by atoms with Gasteiger partial charge in [0.2, 0.25) is 5.91 Å². The lowest BCUT2D eigenvalue weighted by Gasteiger charge is -2.35. The van der Waals surface area contributed by atoms with E-state index in [1.807, 2.05) is 0 Å². The Bertz CT molecular complexity index is 272. The van der Waals surface area contributed by atoms with E-state index in [0.717, 1.165) is 32.4 Å². The van der Waals surface area contributed by atoms with Crippen molar-refractivity contribution >= 4 is 5.91 Å². The third kappa shape index (κ3) is 4.03. The molecule has 1 rings (SSSR count). The van der Waals surface area contributed by atoms with Gasteiger partial charge in [-0.25, -0.2) is 0 Å². The highest BCUT2D eigenvalue weighted by Crippen LogP contribution is 2.29. The number of methoxy groups -OCH3 is 1. The third-order valence-corrected chi connectivity index (χ3v) is 3.25. The molecule has 1 fully saturated rings. The van der Waals surface area contributed by atoms with Crippen LogP contribution in [0.25, 0.3) is 0 Å². The zero-order valence-corrected chi connectivity index (χ0v) is 10.6. The van der Waals surface area contributed by atoms with Gasteiger partial charge in [-0.2, -0.15) is 0 Å². The molecule has 2 N–H and O–H groups in total. The molecule has 0 unspecified atom stereocenters. The van der Waals surface area contributed by atoms with Crippen LogP contribution < -0.4 is 10.6 Å². The first-order valence-electron chi connectivity index (χ1n) is 6.16. The summed E-state index contributed by atoms with van der Waals surface area (Å²) in [7, 11) is 1.65. The Balaban J connectivity index is 2.45. The molecule has 1 aliphatic heterocycles. The van der Waals surface area contributed by atoms with Gasteiger partial charge in [0.1, 0.15) is 0 Å². The molecule has 0 aromatic carbocycles. The minimum Gasteiger partial charge on any atom is -0.384 e. The van der Waals surface area contributed by atoms with Crippen molar-refractivity contribution in [3.05, 3.63) is 0 Å². The molecule has 1 heterocycles. The fourth-order valence-corrected chi connectivity index (χ4v) is 2.20. The summed E-state index contributed by atoms with van der Waals surface area (Å²) < 4.78 is 5.21. The minimum absolute atomic E-state index is 0.109. The molecule has 4 nitrogen and oxygen atoms in total. The second-order valence-corrected chi connectivity index (χ2v) is 4.53. The summed E-state index contributed by atoms with van der Waals surface area (Å²) in [6.07, 6.45) is 8.39. The Morgan fingerprint density at radius 1 is 1.53 bits per heavy atom. The predicted molar refractivity (Wildman–Crippen MR) is 67.5 cm³/mol. The van der Waals surface area contributed by atoms with Crippen molar-refractivity contribution in [2.45, 2.75) is 25.7 Å². The normalized spacial score (nSPS) is 18.4. The number of ether oxygens (including phenoxy) is 1. The van der Waals surface area contributed by atoms with E-state index < -0.39 is 0 Å². The average molecular weight is 238 g/mol. The van der Waals surface area contributed by atoms with Crippen molar-refractivity contribution in [2.75, 3.05) is 33.4 Å². The molecular weight excluding hydrogens is 216 g/mol. The Morgan fingerprint density at radius 3 is 2.82 bits per heavy atom. The van der Waals surface area contributed by atoms with Crippen molar-refractivity contribution in [1.29, 1.82) is 0 Å². The number of terminal acetylenes is 1. The number of amides is 1. The lowest BCUT2D eigenvalue weighted by atomic mass is 9.78. The number of piperidine rings is 1. The van der Waals surface area contributed by atoms with Gasteiger partial charge in [-0.05, 0) is 32.4 Å². The monoisotopic (exact) mass is 238 g/mol. The van der Waals surface area contributed by atoms with Crippen molar-refractivity contribution in [3.63, 3.8) is 0 Å². The van der Waals surface area contributed by atoms with Crippen LogP contribution in [0.2, 0.25) is 0 Å². The molecule has 17 heavy (non-hydrogen) atoms. The summed E-state index contributed by atoms with van der Waals surface area (Å²) in [5.41, 5.74) is -0.351. The van der Waals surface area contributed by atoms with Crippen molar-refractivity contribution in [3.8, 4) is 12.3 Å². The number of unbranched alkanes of at least 4 members (excludes halogenated alkanes) is 1. The van der Waals surface area contributed by atoms with E-state index in [0.29, 0.717) is 19.6 Å². The highest BCUT2D eigenvalue weighted by molar-refractivity contribution is 5.82. The van der Waals surface area contributed by atoms with E-state index in [4.69, 9.17) is 11.2 Å². The molecular formula is C13H22N2O2. The van der Waals surface area contributed by atoms with Gasteiger partial charge in [0.05, 0.1) is 12.0 Å². The van der Waals surface area contributed by atoms with Crippen LogP contribution in [0.3, 0.4) is 0 Å². The quantitative estimate of drug-likeness (QED) is 0.524. The standard InChI is InChI=1S/C13H22N2O2/c1-3-4-5-8-15-12(16)13(11-17-2)6-9-14-10-7-13/h1,14H,4-11H2,2H3,(H,15,16). The molecule has 1 amide bonds. The van der Waals surface area contributed by atoms with Gasteiger partial charge in [0.25, 0.3) is 0 Å². The van der Waals surface area contributed by atoms with E-state index in [1.165, 1.54) is 0 Å². The summed E-state index contributed by atoms with van der Waals surface area (Å²) in [5.74, 6) is 2.68. The maximum absolute atomic E-state index is 12.2. The SMILES string of the molecule is C#CCCCNC(=O)C1(COC)CCNCC1. The fourth-order valence-electron chi connectivity index (χ4n) is 2.20. The van der Waals surface area contributed by atoms with Gasteiger partial charge in [0, 0.05) is 20.1 Å². The Labute approximate surface area is 103 Å². The summed E-state index contributed by atoms with van der Waals surface area (Å²) in [4.78, 5) is 12.2. The summed E-state index contributed by atoms with van der Waals surface area (Å²) in [5, 5.41) is 6.24. The molecule has 0 aliphatic carbocycles. The molecule has 1 saturated heterocycles. The van der Waals surface area contributed by atoms with Crippen LogP contribution in [0.4, 0.5) is 0 Å². The smallest absolute Gasteiger partial charge is 0.228 e. The second-order valence-electron chi connectivity index (χ2n) is 4.53. The van der Waals surface area contributed by atoms with Gasteiger partial charge in [0.15, 0.2) is 0 Å². The molecule has 96 valence electrons. The molecule has 0 bridgehead atoms. The fraction of sp³-hybridized carbons (Fsp3) is 0.769. The summed E-state index contributed by atoms with van der Waals surface area (Å²) in [6, 6.07) is 0. The lowest BCUT2D eigenvalue weighted by Crippen LogP contribution is -2.50. The number of nitrogens with one attached hydrogen (secondary N) is 2. The maximum atomic E-state index is 12.2. The molecule has 0 aromatic heterocycles. The first kappa shape index (κ1) is 14.0. The average Bonchev–Trinajstić information content (AvgIpc) is 2.36. The molecule has 0 atom stereocenters. The van der Waals surface area contributed by atoms with Gasteiger partial charge >= 0.3 is 0 Å². The zero-order chi connectivity index (χ0) is 12.6. The minimum atomic E-state index is -0.351. The number of carbonyl (C=O) groups excluding carboxylic acids is 1.